The smallest absolute Gasteiger partial charge is 0.318 e. The highest BCUT2D eigenvalue weighted by Crippen LogP contribution is 2.27. The molecule has 0 aromatic heterocycles. The van der Waals surface area contributed by atoms with Crippen LogP contribution in [-0.2, 0) is 11.3 Å². The van der Waals surface area contributed by atoms with E-state index in [1.165, 1.54) is 12.8 Å². The van der Waals surface area contributed by atoms with Gasteiger partial charge in [-0.25, -0.2) is 4.79 Å². The Morgan fingerprint density at radius 1 is 1.14 bits per heavy atom. The SMILES string of the molecule is C[C@H]1COc2ccc(C(=O)N3CCOCC3)cc2CN1C(=O)NC1CCCC1. The van der Waals surface area contributed by atoms with Crippen molar-refractivity contribution in [1.29, 1.82) is 0 Å². The summed E-state index contributed by atoms with van der Waals surface area (Å²) in [6.45, 7) is 5.26. The van der Waals surface area contributed by atoms with Gasteiger partial charge in [0.25, 0.3) is 5.91 Å². The van der Waals surface area contributed by atoms with Crippen LogP contribution in [0, 0.1) is 0 Å². The predicted octanol–water partition coefficient (Wildman–Crippen LogP) is 2.39. The Kier molecular flexibility index (Phi) is 5.71. The highest BCUT2D eigenvalue weighted by atomic mass is 16.5. The number of fused-ring (bicyclic) bond motifs is 1. The van der Waals surface area contributed by atoms with Gasteiger partial charge in [-0.1, -0.05) is 12.8 Å². The highest BCUT2D eigenvalue weighted by molar-refractivity contribution is 5.94. The first-order chi connectivity index (χ1) is 13.6. The van der Waals surface area contributed by atoms with Crippen LogP contribution in [-0.4, -0.2) is 66.7 Å². The highest BCUT2D eigenvalue weighted by Gasteiger charge is 2.29. The number of carbonyl (C=O) groups excluding carboxylic acids is 2. The first-order valence-corrected chi connectivity index (χ1v) is 10.3. The van der Waals surface area contributed by atoms with E-state index in [9.17, 15) is 9.59 Å². The Morgan fingerprint density at radius 2 is 1.89 bits per heavy atom. The Bertz CT molecular complexity index is 726. The molecule has 1 aromatic carbocycles. The van der Waals surface area contributed by atoms with E-state index >= 15 is 0 Å². The molecule has 0 radical (unpaired) electrons. The largest absolute Gasteiger partial charge is 0.491 e. The van der Waals surface area contributed by atoms with Crippen LogP contribution in [0.2, 0.25) is 0 Å². The Balaban J connectivity index is 1.50. The molecule has 2 aliphatic heterocycles. The molecule has 1 atom stereocenters. The van der Waals surface area contributed by atoms with Gasteiger partial charge in [0, 0.05) is 30.3 Å². The lowest BCUT2D eigenvalue weighted by molar-refractivity contribution is 0.0303. The van der Waals surface area contributed by atoms with Crippen molar-refractivity contribution < 1.29 is 19.1 Å². The first-order valence-electron chi connectivity index (χ1n) is 10.3. The van der Waals surface area contributed by atoms with Gasteiger partial charge in [0.2, 0.25) is 0 Å². The fourth-order valence-corrected chi connectivity index (χ4v) is 4.17. The molecule has 1 saturated heterocycles. The van der Waals surface area contributed by atoms with Crippen molar-refractivity contribution in [2.45, 2.75) is 51.2 Å². The minimum absolute atomic E-state index is 0.00496. The molecule has 2 fully saturated rings. The van der Waals surface area contributed by atoms with Gasteiger partial charge in [-0.05, 0) is 38.0 Å². The Hall–Kier alpha value is -2.28. The summed E-state index contributed by atoms with van der Waals surface area (Å²) in [4.78, 5) is 29.3. The molecule has 3 aliphatic rings. The lowest BCUT2D eigenvalue weighted by Gasteiger charge is -2.28. The maximum atomic E-state index is 12.9. The van der Waals surface area contributed by atoms with Gasteiger partial charge in [0.05, 0.1) is 25.8 Å². The van der Waals surface area contributed by atoms with Crippen LogP contribution >= 0.6 is 0 Å². The third-order valence-corrected chi connectivity index (χ3v) is 5.90. The van der Waals surface area contributed by atoms with E-state index in [1.807, 2.05) is 34.9 Å². The second kappa shape index (κ2) is 8.39. The first kappa shape index (κ1) is 19.1. The maximum Gasteiger partial charge on any atom is 0.318 e. The molecule has 152 valence electrons. The summed E-state index contributed by atoms with van der Waals surface area (Å²) in [6, 6.07) is 5.75. The minimum Gasteiger partial charge on any atom is -0.491 e. The van der Waals surface area contributed by atoms with Crippen LogP contribution in [0.25, 0.3) is 0 Å². The van der Waals surface area contributed by atoms with Gasteiger partial charge in [-0.3, -0.25) is 4.79 Å². The van der Waals surface area contributed by atoms with E-state index in [0.717, 1.165) is 24.2 Å². The van der Waals surface area contributed by atoms with Crippen LogP contribution in [0.1, 0.15) is 48.5 Å². The number of nitrogens with zero attached hydrogens (tertiary/aromatic N) is 2. The molecule has 0 unspecified atom stereocenters. The number of hydrogen-bond donors (Lipinski definition) is 1. The molecule has 3 amide bonds. The number of morpholine rings is 1. The van der Waals surface area contributed by atoms with E-state index < -0.39 is 0 Å². The van der Waals surface area contributed by atoms with Crippen molar-refractivity contribution >= 4 is 11.9 Å². The molecule has 1 aliphatic carbocycles. The molecular formula is C21H29N3O4. The minimum atomic E-state index is -0.0410. The molecule has 7 nitrogen and oxygen atoms in total. The molecule has 1 N–H and O–H groups in total. The van der Waals surface area contributed by atoms with E-state index in [2.05, 4.69) is 5.32 Å². The molecule has 1 aromatic rings. The molecule has 0 spiro atoms. The fraction of sp³-hybridized carbons (Fsp3) is 0.619. The van der Waals surface area contributed by atoms with Crippen LogP contribution in [0.3, 0.4) is 0 Å². The Labute approximate surface area is 166 Å². The normalized spacial score (nSPS) is 23.0. The zero-order valence-corrected chi connectivity index (χ0v) is 16.5. The van der Waals surface area contributed by atoms with Gasteiger partial charge in [-0.15, -0.1) is 0 Å². The van der Waals surface area contributed by atoms with Crippen LogP contribution < -0.4 is 10.1 Å². The van der Waals surface area contributed by atoms with Gasteiger partial charge < -0.3 is 24.6 Å². The zero-order chi connectivity index (χ0) is 19.5. The molecular weight excluding hydrogens is 358 g/mol. The second-order valence-electron chi connectivity index (χ2n) is 7.95. The van der Waals surface area contributed by atoms with Crippen molar-refractivity contribution in [1.82, 2.24) is 15.1 Å². The average Bonchev–Trinajstić information content (AvgIpc) is 3.17. The summed E-state index contributed by atoms with van der Waals surface area (Å²) in [5.41, 5.74) is 1.51. The summed E-state index contributed by atoms with van der Waals surface area (Å²) < 4.78 is 11.3. The number of benzene rings is 1. The van der Waals surface area contributed by atoms with E-state index in [-0.39, 0.29) is 24.0 Å². The molecule has 4 rings (SSSR count). The fourth-order valence-electron chi connectivity index (χ4n) is 4.17. The van der Waals surface area contributed by atoms with Crippen molar-refractivity contribution in [2.24, 2.45) is 0 Å². The van der Waals surface area contributed by atoms with Gasteiger partial charge in [0.1, 0.15) is 12.4 Å². The van der Waals surface area contributed by atoms with E-state index in [1.54, 1.807) is 0 Å². The van der Waals surface area contributed by atoms with Crippen LogP contribution in [0.4, 0.5) is 4.79 Å². The topological polar surface area (TPSA) is 71.1 Å². The second-order valence-corrected chi connectivity index (χ2v) is 7.95. The van der Waals surface area contributed by atoms with Crippen molar-refractivity contribution in [2.75, 3.05) is 32.9 Å². The number of ether oxygens (including phenoxy) is 2. The number of amides is 3. The lowest BCUT2D eigenvalue weighted by atomic mass is 10.1. The van der Waals surface area contributed by atoms with Crippen molar-refractivity contribution in [3.63, 3.8) is 0 Å². The monoisotopic (exact) mass is 387 g/mol. The lowest BCUT2D eigenvalue weighted by Crippen LogP contribution is -2.48. The number of carbonyl (C=O) groups is 2. The summed E-state index contributed by atoms with van der Waals surface area (Å²) in [5.74, 6) is 0.756. The molecule has 28 heavy (non-hydrogen) atoms. The van der Waals surface area contributed by atoms with Gasteiger partial charge in [-0.2, -0.15) is 0 Å². The van der Waals surface area contributed by atoms with Crippen LogP contribution in [0.15, 0.2) is 18.2 Å². The third-order valence-electron chi connectivity index (χ3n) is 5.90. The molecule has 2 heterocycles. The van der Waals surface area contributed by atoms with Gasteiger partial charge >= 0.3 is 6.03 Å². The number of rotatable bonds is 2. The zero-order valence-electron chi connectivity index (χ0n) is 16.5. The average molecular weight is 387 g/mol. The molecule has 7 heteroatoms. The summed E-state index contributed by atoms with van der Waals surface area (Å²) in [6.07, 6.45) is 4.47. The predicted molar refractivity (Wildman–Crippen MR) is 104 cm³/mol. The van der Waals surface area contributed by atoms with Crippen LogP contribution in [0.5, 0.6) is 5.75 Å². The maximum absolute atomic E-state index is 12.9. The standard InChI is InChI=1S/C21H29N3O4/c1-15-14-28-19-7-6-16(20(25)23-8-10-27-11-9-23)12-17(19)13-24(15)21(26)22-18-4-2-3-5-18/h6-7,12,15,18H,2-5,8-11,13-14H2,1H3,(H,22,26)/t15-/m0/s1. The Morgan fingerprint density at radius 3 is 2.64 bits per heavy atom. The summed E-state index contributed by atoms with van der Waals surface area (Å²) in [5, 5.41) is 3.17. The van der Waals surface area contributed by atoms with Crippen molar-refractivity contribution in [3.05, 3.63) is 29.3 Å². The number of nitrogens with one attached hydrogen (secondary N) is 1. The molecule has 1 saturated carbocycles. The number of hydrogen-bond acceptors (Lipinski definition) is 4. The van der Waals surface area contributed by atoms with E-state index in [4.69, 9.17) is 9.47 Å². The summed E-state index contributed by atoms with van der Waals surface area (Å²) >= 11 is 0. The van der Waals surface area contributed by atoms with Gasteiger partial charge in [0.15, 0.2) is 0 Å². The van der Waals surface area contributed by atoms with E-state index in [0.29, 0.717) is 45.0 Å². The third kappa shape index (κ3) is 4.09. The quantitative estimate of drug-likeness (QED) is 0.846. The number of urea groups is 1. The van der Waals surface area contributed by atoms with Crippen molar-refractivity contribution in [3.8, 4) is 5.75 Å². The summed E-state index contributed by atoms with van der Waals surface area (Å²) in [7, 11) is 0. The molecule has 0 bridgehead atoms.